The molecule has 0 unspecified atom stereocenters. The second-order valence-electron chi connectivity index (χ2n) is 3.48. The lowest BCUT2D eigenvalue weighted by Crippen LogP contribution is -2.25. The molecule has 6 heteroatoms. The predicted molar refractivity (Wildman–Crippen MR) is 63.6 cm³/mol. The standard InChI is InChI=1S/C12H13NO5/c1-7(14)13-9(12(17)18-2)5-8-3-4-10(15)11(16)6-8/h3-6,15-16H,1-2H3,(H,13,14)/b9-5+. The Kier molecular flexibility index (Phi) is 4.31. The highest BCUT2D eigenvalue weighted by Crippen LogP contribution is 2.25. The molecule has 18 heavy (non-hydrogen) atoms. The number of phenols is 2. The molecule has 0 heterocycles. The van der Waals surface area contributed by atoms with Crippen LogP contribution in [-0.2, 0) is 14.3 Å². The van der Waals surface area contributed by atoms with Crippen molar-refractivity contribution in [1.82, 2.24) is 5.32 Å². The number of hydrogen-bond donors (Lipinski definition) is 3. The Labute approximate surface area is 104 Å². The molecule has 1 aromatic carbocycles. The van der Waals surface area contributed by atoms with E-state index in [9.17, 15) is 14.7 Å². The topological polar surface area (TPSA) is 95.9 Å². The summed E-state index contributed by atoms with van der Waals surface area (Å²) >= 11 is 0. The number of rotatable bonds is 3. The van der Waals surface area contributed by atoms with E-state index >= 15 is 0 Å². The Bertz CT molecular complexity index is 507. The number of carbonyl (C=O) groups excluding carboxylic acids is 2. The van der Waals surface area contributed by atoms with E-state index < -0.39 is 11.9 Å². The van der Waals surface area contributed by atoms with Gasteiger partial charge in [-0.05, 0) is 23.8 Å². The van der Waals surface area contributed by atoms with E-state index in [-0.39, 0.29) is 17.2 Å². The Morgan fingerprint density at radius 3 is 2.44 bits per heavy atom. The van der Waals surface area contributed by atoms with E-state index in [1.54, 1.807) is 0 Å². The third-order valence-corrected chi connectivity index (χ3v) is 2.03. The molecule has 1 aromatic rings. The minimum Gasteiger partial charge on any atom is -0.504 e. The highest BCUT2D eigenvalue weighted by atomic mass is 16.5. The molecule has 0 saturated heterocycles. The van der Waals surface area contributed by atoms with Gasteiger partial charge in [-0.3, -0.25) is 4.79 Å². The van der Waals surface area contributed by atoms with Gasteiger partial charge in [-0.2, -0.15) is 0 Å². The maximum Gasteiger partial charge on any atom is 0.354 e. The molecule has 0 aromatic heterocycles. The minimum absolute atomic E-state index is 0.0601. The first-order valence-electron chi connectivity index (χ1n) is 5.03. The van der Waals surface area contributed by atoms with Crippen LogP contribution in [0.1, 0.15) is 12.5 Å². The molecule has 0 radical (unpaired) electrons. The lowest BCUT2D eigenvalue weighted by Gasteiger charge is -2.06. The number of esters is 1. The van der Waals surface area contributed by atoms with Crippen molar-refractivity contribution in [2.45, 2.75) is 6.92 Å². The highest BCUT2D eigenvalue weighted by molar-refractivity contribution is 5.97. The predicted octanol–water partition coefficient (Wildman–Crippen LogP) is 0.748. The van der Waals surface area contributed by atoms with Crippen LogP contribution in [0.4, 0.5) is 0 Å². The smallest absolute Gasteiger partial charge is 0.354 e. The van der Waals surface area contributed by atoms with Crippen molar-refractivity contribution in [3.8, 4) is 11.5 Å². The van der Waals surface area contributed by atoms with Crippen LogP contribution in [0.5, 0.6) is 11.5 Å². The number of phenolic OH excluding ortho intramolecular Hbond substituents is 2. The van der Waals surface area contributed by atoms with Crippen molar-refractivity contribution in [3.63, 3.8) is 0 Å². The summed E-state index contributed by atoms with van der Waals surface area (Å²) in [7, 11) is 1.19. The monoisotopic (exact) mass is 251 g/mol. The van der Waals surface area contributed by atoms with Crippen LogP contribution in [0.15, 0.2) is 23.9 Å². The fraction of sp³-hybridized carbons (Fsp3) is 0.167. The SMILES string of the molecule is COC(=O)/C(=C\c1ccc(O)c(O)c1)NC(C)=O. The van der Waals surface area contributed by atoms with Crippen molar-refractivity contribution in [2.75, 3.05) is 7.11 Å². The van der Waals surface area contributed by atoms with Crippen LogP contribution in [0.2, 0.25) is 0 Å². The summed E-state index contributed by atoms with van der Waals surface area (Å²) in [6, 6.07) is 3.99. The number of carbonyl (C=O) groups is 2. The molecule has 0 aliphatic carbocycles. The largest absolute Gasteiger partial charge is 0.504 e. The van der Waals surface area contributed by atoms with Crippen LogP contribution in [0, 0.1) is 0 Å². The highest BCUT2D eigenvalue weighted by Gasteiger charge is 2.11. The normalized spacial score (nSPS) is 10.9. The molecule has 3 N–H and O–H groups in total. The number of hydrogen-bond acceptors (Lipinski definition) is 5. The van der Waals surface area contributed by atoms with Crippen molar-refractivity contribution in [2.24, 2.45) is 0 Å². The van der Waals surface area contributed by atoms with Gasteiger partial charge in [0.1, 0.15) is 5.70 Å². The van der Waals surface area contributed by atoms with E-state index in [0.29, 0.717) is 5.56 Å². The van der Waals surface area contributed by atoms with Gasteiger partial charge in [0, 0.05) is 6.92 Å². The Morgan fingerprint density at radius 1 is 1.28 bits per heavy atom. The Balaban J connectivity index is 3.10. The first-order chi connectivity index (χ1) is 8.43. The van der Waals surface area contributed by atoms with Crippen molar-refractivity contribution < 1.29 is 24.5 Å². The molecule has 1 amide bonds. The van der Waals surface area contributed by atoms with Gasteiger partial charge in [0.05, 0.1) is 7.11 Å². The molecule has 0 atom stereocenters. The van der Waals surface area contributed by atoms with Gasteiger partial charge in [-0.25, -0.2) is 4.79 Å². The van der Waals surface area contributed by atoms with Gasteiger partial charge in [-0.15, -0.1) is 0 Å². The molecule has 0 fully saturated rings. The summed E-state index contributed by atoms with van der Waals surface area (Å²) in [4.78, 5) is 22.3. The molecule has 0 bridgehead atoms. The summed E-state index contributed by atoms with van der Waals surface area (Å²) < 4.78 is 4.51. The van der Waals surface area contributed by atoms with Gasteiger partial charge in [0.25, 0.3) is 0 Å². The molecular weight excluding hydrogens is 238 g/mol. The molecule has 0 aliphatic rings. The Hall–Kier alpha value is -2.50. The maximum absolute atomic E-state index is 11.4. The van der Waals surface area contributed by atoms with Crippen molar-refractivity contribution >= 4 is 18.0 Å². The number of benzene rings is 1. The summed E-state index contributed by atoms with van der Waals surface area (Å²) in [5, 5.41) is 20.8. The van der Waals surface area contributed by atoms with Gasteiger partial charge in [0.2, 0.25) is 5.91 Å². The lowest BCUT2D eigenvalue weighted by atomic mass is 10.1. The van der Waals surface area contributed by atoms with E-state index in [0.717, 1.165) is 0 Å². The maximum atomic E-state index is 11.4. The van der Waals surface area contributed by atoms with Crippen LogP contribution >= 0.6 is 0 Å². The minimum atomic E-state index is -0.710. The third-order valence-electron chi connectivity index (χ3n) is 2.03. The van der Waals surface area contributed by atoms with Crippen LogP contribution < -0.4 is 5.32 Å². The van der Waals surface area contributed by atoms with Gasteiger partial charge in [0.15, 0.2) is 11.5 Å². The van der Waals surface area contributed by atoms with Crippen LogP contribution in [0.25, 0.3) is 6.08 Å². The fourth-order valence-electron chi connectivity index (χ4n) is 1.24. The van der Waals surface area contributed by atoms with Gasteiger partial charge in [-0.1, -0.05) is 6.07 Å². The number of aromatic hydroxyl groups is 2. The summed E-state index contributed by atoms with van der Waals surface area (Å²) in [6.45, 7) is 1.26. The lowest BCUT2D eigenvalue weighted by molar-refractivity contribution is -0.137. The zero-order chi connectivity index (χ0) is 13.7. The average Bonchev–Trinajstić information content (AvgIpc) is 2.31. The van der Waals surface area contributed by atoms with Crippen LogP contribution in [-0.4, -0.2) is 29.2 Å². The van der Waals surface area contributed by atoms with Crippen molar-refractivity contribution in [1.29, 1.82) is 0 Å². The second-order valence-corrected chi connectivity index (χ2v) is 3.48. The molecular formula is C12H13NO5. The summed E-state index contributed by atoms with van der Waals surface area (Å²) in [5.74, 6) is -1.73. The quantitative estimate of drug-likeness (QED) is 0.418. The number of amides is 1. The second kappa shape index (κ2) is 5.72. The van der Waals surface area contributed by atoms with E-state index in [1.807, 2.05) is 0 Å². The zero-order valence-corrected chi connectivity index (χ0v) is 9.93. The molecule has 1 rings (SSSR count). The van der Waals surface area contributed by atoms with E-state index in [2.05, 4.69) is 10.1 Å². The Morgan fingerprint density at radius 2 is 1.94 bits per heavy atom. The molecule has 6 nitrogen and oxygen atoms in total. The van der Waals surface area contributed by atoms with E-state index in [1.165, 1.54) is 38.3 Å². The molecule has 0 saturated carbocycles. The van der Waals surface area contributed by atoms with Crippen LogP contribution in [0.3, 0.4) is 0 Å². The molecule has 0 aliphatic heterocycles. The van der Waals surface area contributed by atoms with E-state index in [4.69, 9.17) is 5.11 Å². The summed E-state index contributed by atoms with van der Waals surface area (Å²) in [6.07, 6.45) is 1.33. The van der Waals surface area contributed by atoms with Gasteiger partial charge >= 0.3 is 5.97 Å². The summed E-state index contributed by atoms with van der Waals surface area (Å²) in [5.41, 5.74) is 0.370. The number of nitrogens with one attached hydrogen (secondary N) is 1. The zero-order valence-electron chi connectivity index (χ0n) is 9.93. The average molecular weight is 251 g/mol. The first-order valence-corrected chi connectivity index (χ1v) is 5.03. The van der Waals surface area contributed by atoms with Crippen molar-refractivity contribution in [3.05, 3.63) is 29.5 Å². The number of ether oxygens (including phenoxy) is 1. The number of methoxy groups -OCH3 is 1. The first kappa shape index (κ1) is 13.6. The molecule has 96 valence electrons. The fourth-order valence-corrected chi connectivity index (χ4v) is 1.24. The third kappa shape index (κ3) is 3.51. The molecule has 0 spiro atoms. The van der Waals surface area contributed by atoms with Gasteiger partial charge < -0.3 is 20.3 Å².